The van der Waals surface area contributed by atoms with Crippen LogP contribution in [0.4, 0.5) is 0 Å². The molecular formula is C11H11BrClNO2. The molecule has 0 radical (unpaired) electrons. The van der Waals surface area contributed by atoms with E-state index in [1.165, 1.54) is 6.07 Å². The van der Waals surface area contributed by atoms with E-state index in [-0.39, 0.29) is 22.8 Å². The lowest BCUT2D eigenvalue weighted by Crippen LogP contribution is -2.38. The van der Waals surface area contributed by atoms with Crippen LogP contribution in [-0.4, -0.2) is 22.4 Å². The van der Waals surface area contributed by atoms with E-state index in [1.807, 2.05) is 0 Å². The van der Waals surface area contributed by atoms with Gasteiger partial charge in [-0.2, -0.15) is 0 Å². The number of nitrogens with one attached hydrogen (secondary N) is 1. The molecule has 0 aliphatic heterocycles. The quantitative estimate of drug-likeness (QED) is 0.844. The molecule has 5 heteroatoms. The number of benzene rings is 1. The standard InChI is InChI=1S/C11H11BrClNO2/c12-7-1-2-9(15)8(5-7)10(16)14-11(6-13)3-4-11/h1-2,5,15H,3-4,6H2,(H,14,16). The molecule has 0 saturated heterocycles. The first-order chi connectivity index (χ1) is 7.56. The van der Waals surface area contributed by atoms with Crippen molar-refractivity contribution in [2.45, 2.75) is 18.4 Å². The van der Waals surface area contributed by atoms with Crippen LogP contribution < -0.4 is 5.32 Å². The predicted molar refractivity (Wildman–Crippen MR) is 66.0 cm³/mol. The van der Waals surface area contributed by atoms with E-state index in [1.54, 1.807) is 12.1 Å². The number of carbonyl (C=O) groups excluding carboxylic acids is 1. The summed E-state index contributed by atoms with van der Waals surface area (Å²) in [4.78, 5) is 11.9. The summed E-state index contributed by atoms with van der Waals surface area (Å²) in [6.07, 6.45) is 1.80. The molecule has 1 aromatic rings. The van der Waals surface area contributed by atoms with Gasteiger partial charge < -0.3 is 10.4 Å². The summed E-state index contributed by atoms with van der Waals surface area (Å²) in [5.41, 5.74) is 0.0127. The highest BCUT2D eigenvalue weighted by Crippen LogP contribution is 2.37. The zero-order valence-corrected chi connectivity index (χ0v) is 10.8. The van der Waals surface area contributed by atoms with Crippen molar-refractivity contribution in [3.05, 3.63) is 28.2 Å². The number of carbonyl (C=O) groups is 1. The summed E-state index contributed by atoms with van der Waals surface area (Å²) in [6, 6.07) is 4.76. The van der Waals surface area contributed by atoms with Gasteiger partial charge in [0.1, 0.15) is 5.75 Å². The second kappa shape index (κ2) is 4.26. The Morgan fingerprint density at radius 2 is 2.25 bits per heavy atom. The topological polar surface area (TPSA) is 49.3 Å². The highest BCUT2D eigenvalue weighted by atomic mass is 79.9. The molecule has 0 spiro atoms. The first-order valence-electron chi connectivity index (χ1n) is 4.93. The van der Waals surface area contributed by atoms with Gasteiger partial charge in [-0.1, -0.05) is 15.9 Å². The lowest BCUT2D eigenvalue weighted by molar-refractivity contribution is 0.0933. The van der Waals surface area contributed by atoms with Gasteiger partial charge in [0.05, 0.1) is 11.1 Å². The Morgan fingerprint density at radius 3 is 2.81 bits per heavy atom. The van der Waals surface area contributed by atoms with Gasteiger partial charge in [0.15, 0.2) is 0 Å². The van der Waals surface area contributed by atoms with Crippen molar-refractivity contribution in [1.82, 2.24) is 5.32 Å². The third-order valence-electron chi connectivity index (χ3n) is 2.69. The van der Waals surface area contributed by atoms with Gasteiger partial charge in [-0.3, -0.25) is 4.79 Å². The molecule has 3 nitrogen and oxygen atoms in total. The average molecular weight is 305 g/mol. The molecule has 0 unspecified atom stereocenters. The van der Waals surface area contributed by atoms with Crippen LogP contribution in [0.3, 0.4) is 0 Å². The lowest BCUT2D eigenvalue weighted by atomic mass is 10.1. The van der Waals surface area contributed by atoms with Crippen LogP contribution in [0.25, 0.3) is 0 Å². The normalized spacial score (nSPS) is 16.9. The summed E-state index contributed by atoms with van der Waals surface area (Å²) < 4.78 is 0.756. The molecule has 1 amide bonds. The second-order valence-electron chi connectivity index (χ2n) is 4.03. The van der Waals surface area contributed by atoms with Gasteiger partial charge in [-0.15, -0.1) is 11.6 Å². The molecule has 1 aliphatic rings. The fourth-order valence-corrected chi connectivity index (χ4v) is 2.14. The van der Waals surface area contributed by atoms with Crippen LogP contribution in [0.1, 0.15) is 23.2 Å². The Kier molecular flexibility index (Phi) is 3.13. The van der Waals surface area contributed by atoms with E-state index >= 15 is 0 Å². The van der Waals surface area contributed by atoms with Crippen molar-refractivity contribution in [1.29, 1.82) is 0 Å². The SMILES string of the molecule is O=C(NC1(CCl)CC1)c1cc(Br)ccc1O. The third kappa shape index (κ3) is 2.33. The number of amides is 1. The summed E-state index contributed by atoms with van der Waals surface area (Å²) >= 11 is 9.03. The van der Waals surface area contributed by atoms with Crippen LogP contribution >= 0.6 is 27.5 Å². The zero-order valence-electron chi connectivity index (χ0n) is 8.46. The van der Waals surface area contributed by atoms with Crippen molar-refractivity contribution < 1.29 is 9.90 Å². The molecule has 1 fully saturated rings. The van der Waals surface area contributed by atoms with Gasteiger partial charge in [-0.05, 0) is 31.0 Å². The summed E-state index contributed by atoms with van der Waals surface area (Å²) in [5, 5.41) is 12.4. The van der Waals surface area contributed by atoms with E-state index in [0.29, 0.717) is 5.88 Å². The molecule has 0 aromatic heterocycles. The molecule has 0 atom stereocenters. The minimum Gasteiger partial charge on any atom is -0.507 e. The Hall–Kier alpha value is -0.740. The van der Waals surface area contributed by atoms with Crippen LogP contribution in [-0.2, 0) is 0 Å². The average Bonchev–Trinajstić information content (AvgIpc) is 3.02. The van der Waals surface area contributed by atoms with Crippen molar-refractivity contribution >= 4 is 33.4 Å². The molecule has 16 heavy (non-hydrogen) atoms. The monoisotopic (exact) mass is 303 g/mol. The maximum absolute atomic E-state index is 11.9. The van der Waals surface area contributed by atoms with Gasteiger partial charge in [0, 0.05) is 10.4 Å². The molecule has 2 N–H and O–H groups in total. The molecule has 0 heterocycles. The Bertz CT molecular complexity index is 432. The van der Waals surface area contributed by atoms with Crippen molar-refractivity contribution in [2.75, 3.05) is 5.88 Å². The van der Waals surface area contributed by atoms with Crippen LogP contribution in [0.2, 0.25) is 0 Å². The van der Waals surface area contributed by atoms with E-state index < -0.39 is 0 Å². The van der Waals surface area contributed by atoms with E-state index in [4.69, 9.17) is 11.6 Å². The Labute approximate surface area is 107 Å². The molecule has 0 bridgehead atoms. The number of phenols is 1. The largest absolute Gasteiger partial charge is 0.507 e. The van der Waals surface area contributed by atoms with Crippen molar-refractivity contribution in [3.8, 4) is 5.75 Å². The Balaban J connectivity index is 2.17. The molecule has 86 valence electrons. The van der Waals surface area contributed by atoms with Crippen molar-refractivity contribution in [3.63, 3.8) is 0 Å². The molecule has 1 aliphatic carbocycles. The van der Waals surface area contributed by atoms with E-state index in [0.717, 1.165) is 17.3 Å². The Morgan fingerprint density at radius 1 is 1.56 bits per heavy atom. The van der Waals surface area contributed by atoms with Crippen molar-refractivity contribution in [2.24, 2.45) is 0 Å². The van der Waals surface area contributed by atoms with Gasteiger partial charge in [0.25, 0.3) is 5.91 Å². The van der Waals surface area contributed by atoms with Gasteiger partial charge in [0.2, 0.25) is 0 Å². The molecule has 1 aromatic carbocycles. The number of phenolic OH excluding ortho intramolecular Hbond substituents is 1. The highest BCUT2D eigenvalue weighted by Gasteiger charge is 2.43. The smallest absolute Gasteiger partial charge is 0.255 e. The van der Waals surface area contributed by atoms with Crippen LogP contribution in [0.5, 0.6) is 5.75 Å². The van der Waals surface area contributed by atoms with E-state index in [2.05, 4.69) is 21.2 Å². The number of hydrogen-bond donors (Lipinski definition) is 2. The number of hydrogen-bond acceptors (Lipinski definition) is 2. The molecular weight excluding hydrogens is 293 g/mol. The van der Waals surface area contributed by atoms with E-state index in [9.17, 15) is 9.90 Å². The summed E-state index contributed by atoms with van der Waals surface area (Å²) in [6.45, 7) is 0. The van der Waals surface area contributed by atoms with Gasteiger partial charge in [-0.25, -0.2) is 0 Å². The zero-order chi connectivity index (χ0) is 11.8. The third-order valence-corrected chi connectivity index (χ3v) is 3.70. The summed E-state index contributed by atoms with van der Waals surface area (Å²) in [5.74, 6) is 0.107. The maximum atomic E-state index is 11.9. The van der Waals surface area contributed by atoms with Crippen LogP contribution in [0.15, 0.2) is 22.7 Å². The highest BCUT2D eigenvalue weighted by molar-refractivity contribution is 9.10. The molecule has 2 rings (SSSR count). The second-order valence-corrected chi connectivity index (χ2v) is 5.21. The maximum Gasteiger partial charge on any atom is 0.255 e. The van der Waals surface area contributed by atoms with Crippen LogP contribution in [0, 0.1) is 0 Å². The number of aromatic hydroxyl groups is 1. The minimum atomic E-state index is -0.281. The lowest BCUT2D eigenvalue weighted by Gasteiger charge is -2.14. The summed E-state index contributed by atoms with van der Waals surface area (Å²) in [7, 11) is 0. The fraction of sp³-hybridized carbons (Fsp3) is 0.364. The molecule has 1 saturated carbocycles. The number of alkyl halides is 1. The number of rotatable bonds is 3. The first-order valence-corrected chi connectivity index (χ1v) is 6.26. The van der Waals surface area contributed by atoms with Gasteiger partial charge >= 0.3 is 0 Å². The number of halogens is 2. The minimum absolute atomic E-state index is 0.0222. The first kappa shape index (κ1) is 11.7. The fourth-order valence-electron chi connectivity index (χ4n) is 1.44. The predicted octanol–water partition coefficient (Wildman–Crippen LogP) is 2.66.